The van der Waals surface area contributed by atoms with Crippen molar-refractivity contribution in [1.29, 1.82) is 0 Å². The monoisotopic (exact) mass is 255 g/mol. The molecule has 0 aliphatic heterocycles. The lowest BCUT2D eigenvalue weighted by atomic mass is 9.74. The number of aryl methyl sites for hydroxylation is 1. The van der Waals surface area contributed by atoms with Crippen molar-refractivity contribution in [2.45, 2.75) is 50.2 Å². The van der Waals surface area contributed by atoms with Crippen LogP contribution in [0.25, 0.3) is 0 Å². The molecule has 0 saturated heterocycles. The molecule has 1 aliphatic carbocycles. The summed E-state index contributed by atoms with van der Waals surface area (Å²) in [6.45, 7) is 4.11. The molecule has 1 aromatic rings. The van der Waals surface area contributed by atoms with Crippen molar-refractivity contribution >= 4 is 17.7 Å². The second-order valence-electron chi connectivity index (χ2n) is 4.48. The minimum absolute atomic E-state index is 0.0396. The van der Waals surface area contributed by atoms with Gasteiger partial charge in [-0.1, -0.05) is 18.7 Å². The van der Waals surface area contributed by atoms with E-state index < -0.39 is 5.97 Å². The van der Waals surface area contributed by atoms with Gasteiger partial charge < -0.3 is 9.67 Å². The molecule has 1 saturated carbocycles. The number of thioether (sulfide) groups is 1. The van der Waals surface area contributed by atoms with E-state index in [1.54, 1.807) is 0 Å². The third-order valence-electron chi connectivity index (χ3n) is 3.54. The molecule has 0 amide bonds. The second-order valence-corrected chi connectivity index (χ2v) is 5.42. The van der Waals surface area contributed by atoms with E-state index in [1.807, 2.05) is 6.92 Å². The van der Waals surface area contributed by atoms with Crippen molar-refractivity contribution in [3.8, 4) is 0 Å². The first-order valence-corrected chi connectivity index (χ1v) is 6.85. The van der Waals surface area contributed by atoms with Gasteiger partial charge in [-0.25, -0.2) is 0 Å². The standard InChI is InChI=1S/C11H17N3O2S/c1-3-11(5-4-6-11)14-8(2)12-13-10(14)17-7-9(15)16/h3-7H2,1-2H3,(H,15,16). The molecule has 17 heavy (non-hydrogen) atoms. The van der Waals surface area contributed by atoms with Crippen LogP contribution >= 0.6 is 11.8 Å². The van der Waals surface area contributed by atoms with Crippen molar-refractivity contribution in [1.82, 2.24) is 14.8 Å². The van der Waals surface area contributed by atoms with Crippen molar-refractivity contribution in [2.24, 2.45) is 0 Å². The summed E-state index contributed by atoms with van der Waals surface area (Å²) in [5.74, 6) is 0.110. The predicted octanol–water partition coefficient (Wildman–Crippen LogP) is 2.05. The normalized spacial score (nSPS) is 17.8. The Kier molecular flexibility index (Phi) is 3.42. The number of carbonyl (C=O) groups is 1. The number of aliphatic carboxylic acids is 1. The van der Waals surface area contributed by atoms with E-state index >= 15 is 0 Å². The Hall–Kier alpha value is -1.04. The smallest absolute Gasteiger partial charge is 0.313 e. The molecule has 1 heterocycles. The number of hydrogen-bond donors (Lipinski definition) is 1. The fourth-order valence-corrected chi connectivity index (χ4v) is 3.23. The third kappa shape index (κ3) is 2.18. The SMILES string of the molecule is CCC1(n2c(C)nnc2SCC(=O)O)CCC1. The third-order valence-corrected chi connectivity index (χ3v) is 4.45. The topological polar surface area (TPSA) is 68.0 Å². The van der Waals surface area contributed by atoms with Crippen LogP contribution < -0.4 is 0 Å². The van der Waals surface area contributed by atoms with E-state index in [-0.39, 0.29) is 11.3 Å². The predicted molar refractivity (Wildman–Crippen MR) is 65.2 cm³/mol. The van der Waals surface area contributed by atoms with Crippen LogP contribution in [0, 0.1) is 6.92 Å². The summed E-state index contributed by atoms with van der Waals surface area (Å²) in [6.07, 6.45) is 4.56. The largest absolute Gasteiger partial charge is 0.481 e. The Bertz CT molecular complexity index is 421. The van der Waals surface area contributed by atoms with Crippen LogP contribution in [-0.4, -0.2) is 31.6 Å². The lowest BCUT2D eigenvalue weighted by Gasteiger charge is -2.43. The Morgan fingerprint density at radius 3 is 2.71 bits per heavy atom. The van der Waals surface area contributed by atoms with Crippen LogP contribution in [0.15, 0.2) is 5.16 Å². The van der Waals surface area contributed by atoms with Crippen LogP contribution in [0.5, 0.6) is 0 Å². The molecule has 6 heteroatoms. The molecule has 1 N–H and O–H groups in total. The van der Waals surface area contributed by atoms with Crippen molar-refractivity contribution in [2.75, 3.05) is 5.75 Å². The van der Waals surface area contributed by atoms with Crippen LogP contribution in [-0.2, 0) is 10.3 Å². The number of carboxylic acids is 1. The van der Waals surface area contributed by atoms with Gasteiger partial charge in [0.15, 0.2) is 5.16 Å². The van der Waals surface area contributed by atoms with Gasteiger partial charge in [0, 0.05) is 5.54 Å². The van der Waals surface area contributed by atoms with Gasteiger partial charge >= 0.3 is 5.97 Å². The van der Waals surface area contributed by atoms with E-state index in [9.17, 15) is 4.79 Å². The highest BCUT2D eigenvalue weighted by atomic mass is 32.2. The highest BCUT2D eigenvalue weighted by Crippen LogP contribution is 2.44. The average molecular weight is 255 g/mol. The lowest BCUT2D eigenvalue weighted by Crippen LogP contribution is -2.41. The van der Waals surface area contributed by atoms with Gasteiger partial charge in [0.1, 0.15) is 5.82 Å². The molecule has 1 fully saturated rings. The van der Waals surface area contributed by atoms with Crippen LogP contribution in [0.3, 0.4) is 0 Å². The minimum atomic E-state index is -0.818. The molecule has 0 atom stereocenters. The number of hydrogen-bond acceptors (Lipinski definition) is 4. The zero-order chi connectivity index (χ0) is 12.5. The molecule has 5 nitrogen and oxygen atoms in total. The summed E-state index contributed by atoms with van der Waals surface area (Å²) in [4.78, 5) is 10.6. The summed E-state index contributed by atoms with van der Waals surface area (Å²) in [7, 11) is 0. The van der Waals surface area contributed by atoms with Gasteiger partial charge in [0.25, 0.3) is 0 Å². The van der Waals surface area contributed by atoms with E-state index in [2.05, 4.69) is 21.7 Å². The maximum absolute atomic E-state index is 10.6. The molecule has 0 radical (unpaired) electrons. The lowest BCUT2D eigenvalue weighted by molar-refractivity contribution is -0.133. The summed E-state index contributed by atoms with van der Waals surface area (Å²) < 4.78 is 2.14. The minimum Gasteiger partial charge on any atom is -0.481 e. The molecule has 1 aromatic heterocycles. The Morgan fingerprint density at radius 2 is 2.24 bits per heavy atom. The maximum atomic E-state index is 10.6. The van der Waals surface area contributed by atoms with E-state index in [1.165, 1.54) is 18.2 Å². The van der Waals surface area contributed by atoms with Gasteiger partial charge in [0.2, 0.25) is 0 Å². The summed E-state index contributed by atoms with van der Waals surface area (Å²) in [5, 5.41) is 17.7. The van der Waals surface area contributed by atoms with Crippen molar-refractivity contribution < 1.29 is 9.90 Å². The fraction of sp³-hybridized carbons (Fsp3) is 0.727. The maximum Gasteiger partial charge on any atom is 0.313 e. The van der Waals surface area contributed by atoms with Gasteiger partial charge in [0.05, 0.1) is 5.75 Å². The molecule has 0 spiro atoms. The van der Waals surface area contributed by atoms with Crippen LogP contribution in [0.4, 0.5) is 0 Å². The first-order chi connectivity index (χ1) is 8.09. The molecular formula is C11H17N3O2S. The van der Waals surface area contributed by atoms with E-state index in [0.29, 0.717) is 0 Å². The number of aromatic nitrogens is 3. The molecule has 0 bridgehead atoms. The molecule has 0 unspecified atom stereocenters. The Balaban J connectivity index is 2.25. The first-order valence-electron chi connectivity index (χ1n) is 5.86. The van der Waals surface area contributed by atoms with Gasteiger partial charge in [-0.2, -0.15) is 0 Å². The van der Waals surface area contributed by atoms with Crippen LogP contribution in [0.2, 0.25) is 0 Å². The van der Waals surface area contributed by atoms with Gasteiger partial charge in [-0.05, 0) is 32.6 Å². The zero-order valence-corrected chi connectivity index (χ0v) is 11.0. The van der Waals surface area contributed by atoms with Crippen molar-refractivity contribution in [3.05, 3.63) is 5.82 Å². The summed E-state index contributed by atoms with van der Waals surface area (Å²) in [6, 6.07) is 0. The quantitative estimate of drug-likeness (QED) is 0.816. The Morgan fingerprint density at radius 1 is 1.53 bits per heavy atom. The molecule has 0 aromatic carbocycles. The van der Waals surface area contributed by atoms with E-state index in [4.69, 9.17) is 5.11 Å². The number of nitrogens with zero attached hydrogens (tertiary/aromatic N) is 3. The highest BCUT2D eigenvalue weighted by molar-refractivity contribution is 7.99. The van der Waals surface area contributed by atoms with Gasteiger partial charge in [-0.15, -0.1) is 10.2 Å². The number of rotatable bonds is 5. The molecular weight excluding hydrogens is 238 g/mol. The molecule has 94 valence electrons. The summed E-state index contributed by atoms with van der Waals surface area (Å²) >= 11 is 1.26. The van der Waals surface area contributed by atoms with E-state index in [0.717, 1.165) is 30.2 Å². The van der Waals surface area contributed by atoms with Crippen LogP contribution in [0.1, 0.15) is 38.4 Å². The van der Waals surface area contributed by atoms with Crippen molar-refractivity contribution in [3.63, 3.8) is 0 Å². The zero-order valence-electron chi connectivity index (χ0n) is 10.1. The average Bonchev–Trinajstić information content (AvgIpc) is 2.58. The second kappa shape index (κ2) is 4.68. The molecule has 1 aliphatic rings. The Labute approximate surface area is 105 Å². The summed E-state index contributed by atoms with van der Waals surface area (Å²) in [5.41, 5.74) is 0.133. The molecule has 2 rings (SSSR count). The number of carboxylic acid groups (broad SMARTS) is 1. The van der Waals surface area contributed by atoms with Gasteiger partial charge in [-0.3, -0.25) is 4.79 Å². The highest BCUT2D eigenvalue weighted by Gasteiger charge is 2.39. The first kappa shape index (κ1) is 12.4. The fourth-order valence-electron chi connectivity index (χ4n) is 2.43.